The number of rotatable bonds is 38. The minimum Gasteiger partial charge on any atom is -1.00 e. The molecule has 718 valence electrons. The largest absolute Gasteiger partial charge is 1.00 e. The molecule has 26 nitrogen and oxygen atoms in total. The Kier molecular flexibility index (Phi) is 52.0. The second-order valence-electron chi connectivity index (χ2n) is 30.8. The molecule has 12 aromatic rings. The smallest absolute Gasteiger partial charge is 0.205 e. The van der Waals surface area contributed by atoms with Crippen LogP contribution in [0.2, 0.25) is 0 Å². The molecular weight excluding hydrogens is 1780 g/mol. The molecule has 6 aromatic carbocycles. The van der Waals surface area contributed by atoms with Crippen LogP contribution >= 0.6 is 0 Å². The highest BCUT2D eigenvalue weighted by Gasteiger charge is 2.12. The van der Waals surface area contributed by atoms with Crippen LogP contribution in [0.3, 0.4) is 0 Å². The number of benzene rings is 6. The van der Waals surface area contributed by atoms with Crippen LogP contribution in [0.25, 0.3) is 72.9 Å². The Bertz CT molecular complexity index is 5620. The van der Waals surface area contributed by atoms with Gasteiger partial charge in [0.2, 0.25) is 17.1 Å². The van der Waals surface area contributed by atoms with E-state index in [1.807, 2.05) is 361 Å². The number of hydrogen-bond donors (Lipinski definition) is 4. The number of aliphatic hydroxyl groups is 4. The highest BCUT2D eigenvalue weighted by Crippen LogP contribution is 2.23. The van der Waals surface area contributed by atoms with Gasteiger partial charge in [-0.15, -0.1) is 0 Å². The molecule has 0 bridgehead atoms. The summed E-state index contributed by atoms with van der Waals surface area (Å²) in [5, 5.41) is 57.4. The Morgan fingerprint density at radius 3 is 0.809 bits per heavy atom. The van der Waals surface area contributed by atoms with Gasteiger partial charge in [0, 0.05) is 207 Å². The summed E-state index contributed by atoms with van der Waals surface area (Å²) in [6.45, 7) is 8.55. The third-order valence-electron chi connectivity index (χ3n) is 20.5. The van der Waals surface area contributed by atoms with Gasteiger partial charge in [-0.2, -0.15) is 9.13 Å². The van der Waals surface area contributed by atoms with Crippen LogP contribution in [0.4, 0.5) is 34.1 Å². The summed E-state index contributed by atoms with van der Waals surface area (Å²) < 4.78 is 74.5. The van der Waals surface area contributed by atoms with Gasteiger partial charge in [0.05, 0.1) is 83.2 Å². The number of carboxylic acids is 2. The van der Waals surface area contributed by atoms with Crippen molar-refractivity contribution in [3.63, 3.8) is 0 Å². The summed E-state index contributed by atoms with van der Waals surface area (Å²) in [6, 6.07) is 77.5. The van der Waals surface area contributed by atoms with Crippen molar-refractivity contribution in [2.24, 2.45) is 21.1 Å². The van der Waals surface area contributed by atoms with Gasteiger partial charge in [0.25, 0.3) is 0 Å². The number of likely N-dealkylation sites (N-methyl/N-ethyl adjacent to an activating group) is 2. The number of carbonyl (C=O) groups excluding carboxylic acids is 2. The van der Waals surface area contributed by atoms with Gasteiger partial charge in [-0.1, -0.05) is 109 Å². The highest BCUT2D eigenvalue weighted by molar-refractivity contribution is 7.85. The summed E-state index contributed by atoms with van der Waals surface area (Å²) in [5.41, 5.74) is 18.6. The van der Waals surface area contributed by atoms with Crippen molar-refractivity contribution in [1.29, 1.82) is 0 Å². The fourth-order valence-electron chi connectivity index (χ4n) is 12.9. The number of aliphatic carboxylic acids is 2. The summed E-state index contributed by atoms with van der Waals surface area (Å²) in [6.07, 6.45) is 42.5. The van der Waals surface area contributed by atoms with Crippen molar-refractivity contribution in [3.8, 4) is 0 Å². The third kappa shape index (κ3) is 44.3. The van der Waals surface area contributed by atoms with Crippen molar-refractivity contribution in [2.45, 2.75) is 26.9 Å². The maximum atomic E-state index is 10.7. The molecule has 0 fully saturated rings. The maximum absolute atomic E-state index is 10.7. The summed E-state index contributed by atoms with van der Waals surface area (Å²) >= 11 is 0. The van der Waals surface area contributed by atoms with Gasteiger partial charge in [-0.3, -0.25) is 0 Å². The highest BCUT2D eigenvalue weighted by atomic mass is 35.5. The molecule has 6 aromatic heterocycles. The summed E-state index contributed by atoms with van der Waals surface area (Å²) in [5.74, 6) is -2.95. The van der Waals surface area contributed by atoms with Crippen molar-refractivity contribution >= 4 is 139 Å². The van der Waals surface area contributed by atoms with E-state index in [-0.39, 0.29) is 79.9 Å². The topological polar surface area (TPSA) is 329 Å². The number of hydrogen-bond acceptors (Lipinski definition) is 20. The number of aryl methyl sites for hydroxylation is 5. The van der Waals surface area contributed by atoms with Crippen LogP contribution in [0.5, 0.6) is 0 Å². The lowest BCUT2D eigenvalue weighted by molar-refractivity contribution is -0.695. The van der Waals surface area contributed by atoms with E-state index >= 15 is 0 Å². The first kappa shape index (κ1) is 114. The Morgan fingerprint density at radius 2 is 0.566 bits per heavy atom. The number of anilines is 6. The maximum Gasteiger partial charge on any atom is 0.205 e. The lowest BCUT2D eigenvalue weighted by atomic mass is 10.1. The number of pyridine rings is 6. The second kappa shape index (κ2) is 61.8. The zero-order valence-corrected chi connectivity index (χ0v) is 81.8. The molecule has 29 heteroatoms. The molecule has 12 rings (SSSR count). The van der Waals surface area contributed by atoms with Crippen LogP contribution < -0.4 is 79.8 Å². The van der Waals surface area contributed by atoms with E-state index in [1.54, 1.807) is 47.8 Å². The zero-order valence-electron chi connectivity index (χ0n) is 79.4. The molecule has 0 unspecified atom stereocenters. The molecule has 0 atom stereocenters. The number of aliphatic hydroxyl groups excluding tert-OH is 4. The number of carboxylic acid groups (broad SMARTS) is 2. The van der Waals surface area contributed by atoms with Crippen LogP contribution in [0.15, 0.2) is 292 Å². The molecule has 6 heterocycles. The Labute approximate surface area is 810 Å². The van der Waals surface area contributed by atoms with E-state index in [2.05, 4.69) is 76.5 Å². The first-order chi connectivity index (χ1) is 63.9. The van der Waals surface area contributed by atoms with E-state index in [9.17, 15) is 45.7 Å². The van der Waals surface area contributed by atoms with Crippen molar-refractivity contribution in [3.05, 3.63) is 374 Å². The van der Waals surface area contributed by atoms with Gasteiger partial charge >= 0.3 is 0 Å². The minimum atomic E-state index is -4.19. The number of aromatic amines is 1. The first-order valence-corrected chi connectivity index (χ1v) is 46.6. The van der Waals surface area contributed by atoms with Crippen molar-refractivity contribution in [2.75, 3.05) is 148 Å². The summed E-state index contributed by atoms with van der Waals surface area (Å²) in [7, 11) is 4.58. The van der Waals surface area contributed by atoms with Gasteiger partial charge in [0.15, 0.2) is 55.8 Å². The molecule has 5 N–H and O–H groups in total. The number of halogens is 1. The zero-order chi connectivity index (χ0) is 96.3. The van der Waals surface area contributed by atoms with E-state index in [0.717, 1.165) is 114 Å². The minimum absolute atomic E-state index is 0. The molecule has 0 saturated heterocycles. The standard InChI is InChI=1S/2C18H22N2O3S.C18H23N2O2.2C17H18N2O2.C17H20N2O2.2CH3.ClH/c2*1-3-20-13-5-4-6-18(20)12-9-16-7-10-17(11-8-16)19(2)14-15-24(21,22)23;1-19-10-8-17(9-11-19)3-2-16-4-6-18(7-5-16)20(12-14-21)13-15-22;2*1-18-11-9-15(10-12-18)4-3-14-5-7-16(8-6-14)19(2)13-17(20)21;20-13-11-19(12-14-21)17-8-5-15(6-9-17)4-7-16-3-1-2-10-18-16;;;/h2*4-13H,3,14-15H2,1-2H3;2-11,21-22H,12-15H2,1H3;2*3-12H,13H2,1-2H3;1-10,20-21H,11-14H2;2*1H3;1H/q;;+1;;;;2*+1;/b;;;;;7-4+;;;. The Balaban J connectivity index is 0.000000340. The van der Waals surface area contributed by atoms with Crippen molar-refractivity contribution < 1.29 is 106 Å². The normalized spacial score (nSPS) is 11.0. The predicted octanol–water partition coefficient (Wildman–Crippen LogP) is 6.87. The number of nitrogens with zero attached hydrogens (tertiary/aromatic N) is 11. The van der Waals surface area contributed by atoms with Crippen molar-refractivity contribution in [1.82, 2.24) is 0 Å². The number of H-pyrrole nitrogens is 1. The van der Waals surface area contributed by atoms with Gasteiger partial charge in [0.1, 0.15) is 34.2 Å². The monoisotopic (exact) mass is 1910 g/mol. The predicted molar refractivity (Wildman–Crippen MR) is 541 cm³/mol. The fraction of sp³-hybridized carbons (Fsp3) is 0.234. The Morgan fingerprint density at radius 1 is 0.324 bits per heavy atom. The van der Waals surface area contributed by atoms with Crippen LogP contribution in [0, 0.1) is 14.9 Å². The average Bonchev–Trinajstić information content (AvgIpc) is 0.859. The van der Waals surface area contributed by atoms with Gasteiger partial charge in [-0.05, 0) is 173 Å². The second-order valence-corrected chi connectivity index (χ2v) is 33.8. The molecule has 136 heavy (non-hydrogen) atoms. The Hall–Kier alpha value is -13.9. The number of nitrogens with one attached hydrogen (secondary N) is 1. The number of carbonyl (C=O) groups is 2. The molecular formula is C107H130ClN12O14S2+3. The quantitative estimate of drug-likeness (QED) is 0.0174. The van der Waals surface area contributed by atoms with E-state index in [1.165, 1.54) is 0 Å². The van der Waals surface area contributed by atoms with E-state index < -0.39 is 43.7 Å². The molecule has 0 aliphatic carbocycles. The molecule has 0 aliphatic heterocycles. The number of aromatic nitrogens is 6. The lowest BCUT2D eigenvalue weighted by Gasteiger charge is -2.22. The SMILES string of the molecule is CC[n+]1ccccc1/C=C/c1ccc(N(C)CCS(=O)(=O)[O-])cc1.CC[n+]1ccccc1/C=C/c1ccc(N(C)CCS(=O)(=O)[O-])cc1.CN(CC(=O)[O-])c1ccc(/C=C/c2cc[n+](C)cc2)cc1.CN(CC(=O)[O-])c1ccc(/C=C/c2cc[n+](C)cc2)cc1.C[n+]1ccc(/C=C/c2ccc(N(CCO)CCO)cc2)cc1.OCCN(CCO)c1ccc(/C=C/c2cccc[nH+]2)cc1.[CH3+].[CH3+].[Cl-]. The van der Waals surface area contributed by atoms with Crippen LogP contribution in [-0.2, 0) is 64.1 Å². The summed E-state index contributed by atoms with van der Waals surface area (Å²) in [4.78, 5) is 35.0. The molecule has 0 saturated carbocycles. The molecule has 0 spiro atoms. The van der Waals surface area contributed by atoms with E-state index in [4.69, 9.17) is 20.4 Å². The average molecular weight is 1910 g/mol. The molecule has 0 radical (unpaired) electrons. The molecule has 0 aliphatic rings. The van der Waals surface area contributed by atoms with E-state index in [0.29, 0.717) is 26.2 Å². The van der Waals surface area contributed by atoms with Gasteiger partial charge < -0.3 is 91.1 Å². The first-order valence-electron chi connectivity index (χ1n) is 43.5. The molecule has 0 amide bonds. The van der Waals surface area contributed by atoms with Crippen LogP contribution in [-0.4, -0.2) is 177 Å². The fourth-order valence-corrected chi connectivity index (χ4v) is 13.9. The van der Waals surface area contributed by atoms with Crippen LogP contribution in [0.1, 0.15) is 81.0 Å². The van der Waals surface area contributed by atoms with Gasteiger partial charge in [-0.25, -0.2) is 35.5 Å². The third-order valence-corrected chi connectivity index (χ3v) is 21.9. The lowest BCUT2D eigenvalue weighted by Crippen LogP contribution is -3.00.